The van der Waals surface area contributed by atoms with Crippen molar-refractivity contribution in [3.8, 4) is 22.3 Å². The maximum absolute atomic E-state index is 7.01. The Bertz CT molecular complexity index is 3110. The Hall–Kier alpha value is -6.64. The molecule has 0 spiro atoms. The maximum Gasteiger partial charge on any atom is 0.143 e. The van der Waals surface area contributed by atoms with Crippen LogP contribution in [-0.4, -0.2) is 0 Å². The predicted molar refractivity (Wildman–Crippen MR) is 224 cm³/mol. The molecule has 1 aliphatic rings. The van der Waals surface area contributed by atoms with Crippen molar-refractivity contribution in [1.82, 2.24) is 0 Å². The zero-order valence-electron chi connectivity index (χ0n) is 29.6. The van der Waals surface area contributed by atoms with Gasteiger partial charge in [-0.05, 0) is 109 Å². The van der Waals surface area contributed by atoms with Gasteiger partial charge in [-0.25, -0.2) is 0 Å². The molecule has 0 saturated carbocycles. The molecular formula is C51H35NO. The fourth-order valence-electron chi connectivity index (χ4n) is 9.00. The van der Waals surface area contributed by atoms with E-state index in [1.807, 2.05) is 0 Å². The Morgan fingerprint density at radius 3 is 1.92 bits per heavy atom. The smallest absolute Gasteiger partial charge is 0.143 e. The molecule has 10 aromatic rings. The molecule has 2 heteroatoms. The summed E-state index contributed by atoms with van der Waals surface area (Å²) in [5, 5.41) is 9.46. The van der Waals surface area contributed by atoms with E-state index in [0.717, 1.165) is 50.1 Å². The van der Waals surface area contributed by atoms with Crippen molar-refractivity contribution in [2.75, 3.05) is 4.90 Å². The molecule has 1 aromatic heterocycles. The van der Waals surface area contributed by atoms with Gasteiger partial charge in [0, 0.05) is 27.7 Å². The summed E-state index contributed by atoms with van der Waals surface area (Å²) in [5.41, 5.74) is 12.6. The molecule has 0 amide bonds. The Balaban J connectivity index is 1.21. The Kier molecular flexibility index (Phi) is 6.33. The number of fused-ring (bicyclic) bond motifs is 9. The third-order valence-corrected chi connectivity index (χ3v) is 11.6. The van der Waals surface area contributed by atoms with Gasteiger partial charge in [-0.3, -0.25) is 0 Å². The molecule has 0 unspecified atom stereocenters. The fraction of sp³-hybridized carbons (Fsp3) is 0.0588. The van der Waals surface area contributed by atoms with Crippen molar-refractivity contribution in [3.05, 3.63) is 187 Å². The van der Waals surface area contributed by atoms with E-state index in [9.17, 15) is 0 Å². The quantitative estimate of drug-likeness (QED) is 0.184. The molecule has 0 saturated heterocycles. The molecule has 250 valence electrons. The van der Waals surface area contributed by atoms with E-state index >= 15 is 0 Å². The number of rotatable bonds is 4. The van der Waals surface area contributed by atoms with Gasteiger partial charge in [0.1, 0.15) is 11.2 Å². The molecule has 0 bridgehead atoms. The van der Waals surface area contributed by atoms with E-state index in [0.29, 0.717) is 0 Å². The molecule has 0 N–H and O–H groups in total. The lowest BCUT2D eigenvalue weighted by Gasteiger charge is -2.29. The van der Waals surface area contributed by atoms with Crippen LogP contribution >= 0.6 is 0 Å². The molecule has 1 aliphatic carbocycles. The van der Waals surface area contributed by atoms with E-state index in [2.05, 4.69) is 195 Å². The van der Waals surface area contributed by atoms with Crippen LogP contribution in [0.5, 0.6) is 0 Å². The van der Waals surface area contributed by atoms with Crippen LogP contribution in [0.1, 0.15) is 25.0 Å². The highest BCUT2D eigenvalue weighted by atomic mass is 16.3. The lowest BCUT2D eigenvalue weighted by molar-refractivity contribution is 0.660. The van der Waals surface area contributed by atoms with E-state index in [4.69, 9.17) is 4.42 Å². The van der Waals surface area contributed by atoms with Crippen molar-refractivity contribution in [3.63, 3.8) is 0 Å². The van der Waals surface area contributed by atoms with Crippen LogP contribution in [0, 0.1) is 0 Å². The van der Waals surface area contributed by atoms with Gasteiger partial charge in [0.25, 0.3) is 0 Å². The van der Waals surface area contributed by atoms with Gasteiger partial charge < -0.3 is 9.32 Å². The van der Waals surface area contributed by atoms with Crippen LogP contribution in [0.25, 0.3) is 76.5 Å². The number of anilines is 3. The van der Waals surface area contributed by atoms with Crippen LogP contribution in [-0.2, 0) is 5.41 Å². The monoisotopic (exact) mass is 677 g/mol. The molecular weight excluding hydrogens is 643 g/mol. The van der Waals surface area contributed by atoms with E-state index in [1.54, 1.807) is 0 Å². The van der Waals surface area contributed by atoms with E-state index in [-0.39, 0.29) is 5.41 Å². The first kappa shape index (κ1) is 30.0. The lowest BCUT2D eigenvalue weighted by Crippen LogP contribution is -2.16. The molecule has 0 fully saturated rings. The van der Waals surface area contributed by atoms with Gasteiger partial charge in [0.2, 0.25) is 0 Å². The first-order valence-corrected chi connectivity index (χ1v) is 18.4. The van der Waals surface area contributed by atoms with Crippen LogP contribution in [0.2, 0.25) is 0 Å². The summed E-state index contributed by atoms with van der Waals surface area (Å²) in [7, 11) is 0. The normalized spacial score (nSPS) is 13.2. The SMILES string of the molecule is CC1(C)c2ccccc2-c2ccc(N(c3ccc4ccccc4c3)c3cccc4oc5c(-c6ccc7ccccc7c6)c6ccccc6cc5c34)cc21. The summed E-state index contributed by atoms with van der Waals surface area (Å²) in [6, 6.07) is 64.2. The average Bonchev–Trinajstić information content (AvgIpc) is 3.68. The second-order valence-corrected chi connectivity index (χ2v) is 14.9. The van der Waals surface area contributed by atoms with Gasteiger partial charge >= 0.3 is 0 Å². The van der Waals surface area contributed by atoms with E-state index < -0.39 is 0 Å². The van der Waals surface area contributed by atoms with Crippen LogP contribution in [0.4, 0.5) is 17.1 Å². The molecule has 0 atom stereocenters. The third kappa shape index (κ3) is 4.45. The van der Waals surface area contributed by atoms with Crippen molar-refractivity contribution < 1.29 is 4.42 Å². The Morgan fingerprint density at radius 2 is 1.09 bits per heavy atom. The fourth-order valence-corrected chi connectivity index (χ4v) is 9.00. The first-order valence-electron chi connectivity index (χ1n) is 18.4. The summed E-state index contributed by atoms with van der Waals surface area (Å²) in [6.45, 7) is 4.71. The number of furan rings is 1. The average molecular weight is 678 g/mol. The molecule has 53 heavy (non-hydrogen) atoms. The van der Waals surface area contributed by atoms with Crippen LogP contribution in [0.15, 0.2) is 180 Å². The minimum atomic E-state index is -0.126. The predicted octanol–water partition coefficient (Wildman–Crippen LogP) is 14.5. The number of hydrogen-bond acceptors (Lipinski definition) is 2. The molecule has 11 rings (SSSR count). The molecule has 0 radical (unpaired) electrons. The van der Waals surface area contributed by atoms with Crippen molar-refractivity contribution >= 4 is 71.3 Å². The van der Waals surface area contributed by atoms with Crippen molar-refractivity contribution in [2.24, 2.45) is 0 Å². The Morgan fingerprint density at radius 1 is 0.453 bits per heavy atom. The molecule has 9 aromatic carbocycles. The second kappa shape index (κ2) is 11.2. The highest BCUT2D eigenvalue weighted by Crippen LogP contribution is 2.52. The highest BCUT2D eigenvalue weighted by Gasteiger charge is 2.36. The molecule has 0 aliphatic heterocycles. The van der Waals surface area contributed by atoms with Gasteiger partial charge in [-0.1, -0.05) is 141 Å². The summed E-state index contributed by atoms with van der Waals surface area (Å²) < 4.78 is 7.01. The summed E-state index contributed by atoms with van der Waals surface area (Å²) in [5.74, 6) is 0. The van der Waals surface area contributed by atoms with Gasteiger partial charge in [-0.15, -0.1) is 0 Å². The molecule has 1 heterocycles. The van der Waals surface area contributed by atoms with Gasteiger partial charge in [-0.2, -0.15) is 0 Å². The third-order valence-electron chi connectivity index (χ3n) is 11.6. The van der Waals surface area contributed by atoms with Gasteiger partial charge in [0.05, 0.1) is 11.1 Å². The van der Waals surface area contributed by atoms with Gasteiger partial charge in [0.15, 0.2) is 0 Å². The summed E-state index contributed by atoms with van der Waals surface area (Å²) >= 11 is 0. The van der Waals surface area contributed by atoms with E-state index in [1.165, 1.54) is 54.6 Å². The van der Waals surface area contributed by atoms with Crippen molar-refractivity contribution in [2.45, 2.75) is 19.3 Å². The number of hydrogen-bond donors (Lipinski definition) is 0. The highest BCUT2D eigenvalue weighted by molar-refractivity contribution is 6.22. The maximum atomic E-state index is 7.01. The largest absolute Gasteiger partial charge is 0.455 e. The number of benzene rings is 9. The zero-order valence-corrected chi connectivity index (χ0v) is 29.6. The minimum absolute atomic E-state index is 0.126. The van der Waals surface area contributed by atoms with Crippen LogP contribution < -0.4 is 4.90 Å². The topological polar surface area (TPSA) is 16.4 Å². The lowest BCUT2D eigenvalue weighted by atomic mass is 9.82. The molecule has 2 nitrogen and oxygen atoms in total. The number of nitrogens with zero attached hydrogens (tertiary/aromatic N) is 1. The second-order valence-electron chi connectivity index (χ2n) is 14.9. The first-order chi connectivity index (χ1) is 26.0. The summed E-state index contributed by atoms with van der Waals surface area (Å²) in [4.78, 5) is 2.44. The van der Waals surface area contributed by atoms with Crippen LogP contribution in [0.3, 0.4) is 0 Å². The summed E-state index contributed by atoms with van der Waals surface area (Å²) in [6.07, 6.45) is 0. The standard InChI is InChI=1S/C51H35NO/c1-51(2)44-19-10-9-18-41(44)42-27-26-39(31-45(42)51)52(38-25-24-33-13-4-6-15-35(33)29-38)46-20-11-21-47-49(46)43-30-36-16-7-8-17-40(36)48(50(43)53-47)37-23-22-32-12-3-5-14-34(32)28-37/h3-31H,1-2H3. The minimum Gasteiger partial charge on any atom is -0.455 e. The Labute approximate surface area is 308 Å². The van der Waals surface area contributed by atoms with Crippen molar-refractivity contribution in [1.29, 1.82) is 0 Å². The zero-order chi connectivity index (χ0) is 35.3.